The van der Waals surface area contributed by atoms with E-state index >= 15 is 0 Å². The Morgan fingerprint density at radius 2 is 2.14 bits per heavy atom. The lowest BCUT2D eigenvalue weighted by molar-refractivity contribution is 0.0391. The van der Waals surface area contributed by atoms with E-state index in [0.29, 0.717) is 12.2 Å². The molecule has 2 heterocycles. The lowest BCUT2D eigenvalue weighted by Gasteiger charge is -2.34. The molecule has 1 saturated heterocycles. The van der Waals surface area contributed by atoms with Crippen LogP contribution in [0.2, 0.25) is 0 Å². The Bertz CT molecular complexity index is 660. The molecule has 0 N–H and O–H groups in total. The minimum Gasteiger partial charge on any atom is -0.370 e. The summed E-state index contributed by atoms with van der Waals surface area (Å²) in [6.45, 7) is 4.39. The topological polar surface area (TPSA) is 49.2 Å². The number of rotatable bonds is 2. The molecule has 4 nitrogen and oxygen atoms in total. The van der Waals surface area contributed by atoms with Crippen molar-refractivity contribution in [2.24, 2.45) is 0 Å². The summed E-state index contributed by atoms with van der Waals surface area (Å²) in [7, 11) is 0. The van der Waals surface area contributed by atoms with E-state index in [1.54, 1.807) is 12.3 Å². The van der Waals surface area contributed by atoms with Crippen molar-refractivity contribution in [3.8, 4) is 6.07 Å². The largest absolute Gasteiger partial charge is 0.370 e. The molecule has 1 aliphatic heterocycles. The van der Waals surface area contributed by atoms with Crippen LogP contribution in [0.25, 0.3) is 0 Å². The molecule has 2 aromatic rings. The average molecular weight is 279 g/mol. The molecule has 1 aliphatic rings. The number of nitrogens with zero attached hydrogens (tertiary/aromatic N) is 3. The lowest BCUT2D eigenvalue weighted by atomic mass is 10.0. The van der Waals surface area contributed by atoms with Crippen molar-refractivity contribution in [2.75, 3.05) is 24.6 Å². The van der Waals surface area contributed by atoms with Gasteiger partial charge in [0.15, 0.2) is 0 Å². The zero-order valence-corrected chi connectivity index (χ0v) is 12.0. The molecule has 0 spiro atoms. The predicted octanol–water partition coefficient (Wildman–Crippen LogP) is 2.84. The Labute approximate surface area is 124 Å². The molecule has 3 rings (SSSR count). The molecule has 0 bridgehead atoms. The van der Waals surface area contributed by atoms with Crippen molar-refractivity contribution in [3.05, 3.63) is 59.3 Å². The second-order valence-corrected chi connectivity index (χ2v) is 5.18. The van der Waals surface area contributed by atoms with Crippen molar-refractivity contribution < 1.29 is 4.74 Å². The zero-order chi connectivity index (χ0) is 14.7. The SMILES string of the molecule is Cc1ccccc1C1CN(c2ccc(C#N)cn2)CCO1. The molecule has 21 heavy (non-hydrogen) atoms. The lowest BCUT2D eigenvalue weighted by Crippen LogP contribution is -2.39. The molecule has 1 atom stereocenters. The van der Waals surface area contributed by atoms with Crippen LogP contribution in [0.1, 0.15) is 22.8 Å². The van der Waals surface area contributed by atoms with Gasteiger partial charge in [-0.3, -0.25) is 0 Å². The maximum atomic E-state index is 8.84. The van der Waals surface area contributed by atoms with E-state index < -0.39 is 0 Å². The second kappa shape index (κ2) is 5.94. The summed E-state index contributed by atoms with van der Waals surface area (Å²) >= 11 is 0. The normalized spacial score (nSPS) is 18.3. The van der Waals surface area contributed by atoms with Gasteiger partial charge in [-0.2, -0.15) is 5.26 Å². The third kappa shape index (κ3) is 2.88. The molecular weight excluding hydrogens is 262 g/mol. The summed E-state index contributed by atoms with van der Waals surface area (Å²) in [5, 5.41) is 8.84. The maximum absolute atomic E-state index is 8.84. The van der Waals surface area contributed by atoms with Crippen LogP contribution >= 0.6 is 0 Å². The highest BCUT2D eigenvalue weighted by Gasteiger charge is 2.23. The molecule has 0 radical (unpaired) electrons. The second-order valence-electron chi connectivity index (χ2n) is 5.18. The zero-order valence-electron chi connectivity index (χ0n) is 12.0. The van der Waals surface area contributed by atoms with E-state index in [2.05, 4.69) is 35.0 Å². The summed E-state index contributed by atoms with van der Waals surface area (Å²) in [5.41, 5.74) is 3.07. The van der Waals surface area contributed by atoms with Gasteiger partial charge in [0.05, 0.1) is 12.2 Å². The van der Waals surface area contributed by atoms with Gasteiger partial charge in [-0.15, -0.1) is 0 Å². The van der Waals surface area contributed by atoms with Gasteiger partial charge in [0, 0.05) is 19.3 Å². The number of aromatic nitrogens is 1. The highest BCUT2D eigenvalue weighted by atomic mass is 16.5. The van der Waals surface area contributed by atoms with Crippen molar-refractivity contribution in [2.45, 2.75) is 13.0 Å². The van der Waals surface area contributed by atoms with E-state index in [4.69, 9.17) is 10.00 Å². The van der Waals surface area contributed by atoms with Crippen LogP contribution < -0.4 is 4.90 Å². The minimum atomic E-state index is 0.0670. The summed E-state index contributed by atoms with van der Waals surface area (Å²) in [4.78, 5) is 6.58. The quantitative estimate of drug-likeness (QED) is 0.848. The molecular formula is C17H17N3O. The van der Waals surface area contributed by atoms with Gasteiger partial charge in [-0.1, -0.05) is 24.3 Å². The first-order valence-electron chi connectivity index (χ1n) is 7.06. The molecule has 1 unspecified atom stereocenters. The first kappa shape index (κ1) is 13.6. The summed E-state index contributed by atoms with van der Waals surface area (Å²) in [6.07, 6.45) is 1.69. The van der Waals surface area contributed by atoms with Gasteiger partial charge >= 0.3 is 0 Å². The van der Waals surface area contributed by atoms with Crippen LogP contribution in [0.15, 0.2) is 42.6 Å². The van der Waals surface area contributed by atoms with Crippen LogP contribution in [0.3, 0.4) is 0 Å². The van der Waals surface area contributed by atoms with Crippen molar-refractivity contribution in [1.82, 2.24) is 4.98 Å². The number of pyridine rings is 1. The highest BCUT2D eigenvalue weighted by molar-refractivity contribution is 5.43. The summed E-state index contributed by atoms with van der Waals surface area (Å²) in [5.74, 6) is 0.899. The average Bonchev–Trinajstić information content (AvgIpc) is 2.55. The molecule has 106 valence electrons. The third-order valence-electron chi connectivity index (χ3n) is 3.80. The molecule has 0 saturated carbocycles. The fraction of sp³-hybridized carbons (Fsp3) is 0.294. The number of benzene rings is 1. The predicted molar refractivity (Wildman–Crippen MR) is 81.0 cm³/mol. The van der Waals surface area contributed by atoms with Gasteiger partial charge in [-0.25, -0.2) is 4.98 Å². The van der Waals surface area contributed by atoms with Gasteiger partial charge in [0.25, 0.3) is 0 Å². The van der Waals surface area contributed by atoms with Crippen molar-refractivity contribution in [3.63, 3.8) is 0 Å². The Balaban J connectivity index is 1.79. The molecule has 1 aromatic carbocycles. The first-order valence-corrected chi connectivity index (χ1v) is 7.06. The van der Waals surface area contributed by atoms with Gasteiger partial charge in [-0.05, 0) is 30.2 Å². The molecule has 4 heteroatoms. The van der Waals surface area contributed by atoms with E-state index in [-0.39, 0.29) is 6.10 Å². The number of aryl methyl sites for hydroxylation is 1. The minimum absolute atomic E-state index is 0.0670. The molecule has 0 amide bonds. The van der Waals surface area contributed by atoms with Gasteiger partial charge in [0.2, 0.25) is 0 Å². The summed E-state index contributed by atoms with van der Waals surface area (Å²) < 4.78 is 5.92. The van der Waals surface area contributed by atoms with Crippen LogP contribution in [0, 0.1) is 18.3 Å². The number of morpholine rings is 1. The fourth-order valence-electron chi connectivity index (χ4n) is 2.63. The van der Waals surface area contributed by atoms with E-state index in [1.807, 2.05) is 18.2 Å². The van der Waals surface area contributed by atoms with E-state index in [1.165, 1.54) is 11.1 Å². The van der Waals surface area contributed by atoms with E-state index in [0.717, 1.165) is 18.9 Å². The Hall–Kier alpha value is -2.38. The standard InChI is InChI=1S/C17H17N3O/c1-13-4-2-3-5-15(13)16-12-20(8-9-21-16)17-7-6-14(10-18)11-19-17/h2-7,11,16H,8-9,12H2,1H3. The first-order chi connectivity index (χ1) is 10.3. The molecule has 0 aliphatic carbocycles. The number of hydrogen-bond acceptors (Lipinski definition) is 4. The van der Waals surface area contributed by atoms with Crippen LogP contribution in [-0.2, 0) is 4.74 Å². The highest BCUT2D eigenvalue weighted by Crippen LogP contribution is 2.27. The monoisotopic (exact) mass is 279 g/mol. The number of nitriles is 1. The molecule has 1 fully saturated rings. The number of ether oxygens (including phenoxy) is 1. The fourth-order valence-corrected chi connectivity index (χ4v) is 2.63. The van der Waals surface area contributed by atoms with Gasteiger partial charge < -0.3 is 9.64 Å². The summed E-state index contributed by atoms with van der Waals surface area (Å²) in [6, 6.07) is 14.1. The number of hydrogen-bond donors (Lipinski definition) is 0. The van der Waals surface area contributed by atoms with E-state index in [9.17, 15) is 0 Å². The smallest absolute Gasteiger partial charge is 0.128 e. The molecule has 1 aromatic heterocycles. The Morgan fingerprint density at radius 1 is 1.29 bits per heavy atom. The van der Waals surface area contributed by atoms with Crippen LogP contribution in [-0.4, -0.2) is 24.7 Å². The van der Waals surface area contributed by atoms with Crippen molar-refractivity contribution >= 4 is 5.82 Å². The third-order valence-corrected chi connectivity index (χ3v) is 3.80. The Kier molecular flexibility index (Phi) is 3.85. The van der Waals surface area contributed by atoms with Crippen LogP contribution in [0.4, 0.5) is 5.82 Å². The van der Waals surface area contributed by atoms with Crippen LogP contribution in [0.5, 0.6) is 0 Å². The Morgan fingerprint density at radius 3 is 2.86 bits per heavy atom. The van der Waals surface area contributed by atoms with Gasteiger partial charge in [0.1, 0.15) is 18.0 Å². The number of anilines is 1. The van der Waals surface area contributed by atoms with Crippen molar-refractivity contribution in [1.29, 1.82) is 5.26 Å². The maximum Gasteiger partial charge on any atom is 0.128 e.